The molecule has 0 saturated carbocycles. The second-order valence-electron chi connectivity index (χ2n) is 10.5. The predicted octanol–water partition coefficient (Wildman–Crippen LogP) is 4.74. The Morgan fingerprint density at radius 1 is 0.553 bits per heavy atom. The summed E-state index contributed by atoms with van der Waals surface area (Å²) in [6.07, 6.45) is -6.70. The van der Waals surface area contributed by atoms with Crippen molar-refractivity contribution in [1.29, 1.82) is 0 Å². The third kappa shape index (κ3) is 8.27. The number of hydrogen-bond acceptors (Lipinski definition) is 11. The highest BCUT2D eigenvalue weighted by Crippen LogP contribution is 2.32. The Hall–Kier alpha value is -5.36. The summed E-state index contributed by atoms with van der Waals surface area (Å²) in [5.41, 5.74) is 0.906. The Labute approximate surface area is 271 Å². The van der Waals surface area contributed by atoms with Crippen LogP contribution < -0.4 is 0 Å². The van der Waals surface area contributed by atoms with Crippen molar-refractivity contribution in [1.82, 2.24) is 5.06 Å². The van der Waals surface area contributed by atoms with Gasteiger partial charge in [0.25, 0.3) is 0 Å². The van der Waals surface area contributed by atoms with E-state index in [0.717, 1.165) is 0 Å². The smallest absolute Gasteiger partial charge is 0.338 e. The molecule has 242 valence electrons. The number of hydroxylamine groups is 2. The zero-order valence-corrected chi connectivity index (χ0v) is 25.7. The average Bonchev–Trinajstić information content (AvgIpc) is 3.13. The number of esters is 4. The molecule has 5 atom stereocenters. The number of benzene rings is 4. The summed E-state index contributed by atoms with van der Waals surface area (Å²) >= 11 is 0. The van der Waals surface area contributed by atoms with Crippen molar-refractivity contribution in [2.24, 2.45) is 0 Å². The van der Waals surface area contributed by atoms with Gasteiger partial charge >= 0.3 is 23.9 Å². The minimum Gasteiger partial charge on any atom is -0.459 e. The summed E-state index contributed by atoms with van der Waals surface area (Å²) in [7, 11) is 2.89. The van der Waals surface area contributed by atoms with Gasteiger partial charge in [0.2, 0.25) is 0 Å². The minimum atomic E-state index is -1.46. The second kappa shape index (κ2) is 15.8. The lowest BCUT2D eigenvalue weighted by Crippen LogP contribution is -2.65. The molecule has 0 unspecified atom stereocenters. The van der Waals surface area contributed by atoms with E-state index in [-0.39, 0.29) is 22.3 Å². The monoisotopic (exact) mass is 639 g/mol. The van der Waals surface area contributed by atoms with E-state index in [1.165, 1.54) is 19.2 Å². The van der Waals surface area contributed by atoms with Gasteiger partial charge in [0, 0.05) is 7.05 Å². The van der Waals surface area contributed by atoms with Crippen molar-refractivity contribution in [3.8, 4) is 0 Å². The van der Waals surface area contributed by atoms with Crippen molar-refractivity contribution >= 4 is 23.9 Å². The molecule has 1 saturated heterocycles. The van der Waals surface area contributed by atoms with E-state index in [1.54, 1.807) is 121 Å². The molecule has 5 rings (SSSR count). The van der Waals surface area contributed by atoms with Gasteiger partial charge in [-0.05, 0) is 48.5 Å². The van der Waals surface area contributed by atoms with Crippen LogP contribution in [0.15, 0.2) is 121 Å². The van der Waals surface area contributed by atoms with E-state index in [2.05, 4.69) is 0 Å². The van der Waals surface area contributed by atoms with Gasteiger partial charge in [-0.15, -0.1) is 0 Å². The maximum absolute atomic E-state index is 13.5. The molecule has 0 aromatic heterocycles. The van der Waals surface area contributed by atoms with Gasteiger partial charge in [0.05, 0.1) is 29.4 Å². The molecule has 1 aliphatic rings. The van der Waals surface area contributed by atoms with E-state index in [9.17, 15) is 19.2 Å². The van der Waals surface area contributed by atoms with Gasteiger partial charge in [-0.3, -0.25) is 4.84 Å². The standard InChI is InChI=1S/C36H33NO10/c1-37(42-2)32-31(47-36(41)27-21-13-6-14-22-27)30(46-35(40)26-19-11-5-12-20-26)29(45-34(39)25-17-9-4-10-18-25)28(44-32)23-43-33(38)24-15-7-3-8-16-24/h3-22,28-32H,23H2,1-2H3/t28-,29-,30+,31-,32-/m1/s1. The van der Waals surface area contributed by atoms with Crippen LogP contribution in [0.3, 0.4) is 0 Å². The van der Waals surface area contributed by atoms with Crippen LogP contribution in [0.1, 0.15) is 41.4 Å². The maximum Gasteiger partial charge on any atom is 0.338 e. The number of likely N-dealkylation sites (N-methyl/N-ethyl adjacent to an activating group) is 1. The van der Waals surface area contributed by atoms with Crippen LogP contribution >= 0.6 is 0 Å². The van der Waals surface area contributed by atoms with E-state index >= 15 is 0 Å². The molecule has 0 radical (unpaired) electrons. The lowest BCUT2D eigenvalue weighted by Gasteiger charge is -2.46. The number of ether oxygens (including phenoxy) is 5. The molecule has 0 spiro atoms. The summed E-state index contributed by atoms with van der Waals surface area (Å²) in [6, 6.07) is 32.8. The van der Waals surface area contributed by atoms with E-state index in [0.29, 0.717) is 0 Å². The number of carbonyl (C=O) groups excluding carboxylic acids is 4. The Morgan fingerprint density at radius 3 is 1.32 bits per heavy atom. The molecule has 0 aliphatic carbocycles. The minimum absolute atomic E-state index is 0.198. The molecule has 4 aromatic carbocycles. The zero-order valence-electron chi connectivity index (χ0n) is 25.7. The topological polar surface area (TPSA) is 127 Å². The third-order valence-electron chi connectivity index (χ3n) is 7.40. The molecule has 1 heterocycles. The quantitative estimate of drug-likeness (QED) is 0.128. The maximum atomic E-state index is 13.5. The first-order valence-corrected chi connectivity index (χ1v) is 14.8. The Balaban J connectivity index is 1.55. The van der Waals surface area contributed by atoms with Crippen LogP contribution in [0.2, 0.25) is 0 Å². The summed E-state index contributed by atoms with van der Waals surface area (Å²) < 4.78 is 29.9. The molecule has 0 N–H and O–H groups in total. The third-order valence-corrected chi connectivity index (χ3v) is 7.40. The van der Waals surface area contributed by atoms with Crippen molar-refractivity contribution < 1.29 is 47.7 Å². The summed E-state index contributed by atoms with van der Waals surface area (Å²) in [5, 5.41) is 1.26. The van der Waals surface area contributed by atoms with E-state index in [1.807, 2.05) is 0 Å². The molecule has 0 amide bonds. The second-order valence-corrected chi connectivity index (χ2v) is 10.5. The fraction of sp³-hybridized carbons (Fsp3) is 0.222. The van der Waals surface area contributed by atoms with Crippen LogP contribution in [-0.4, -0.2) is 80.3 Å². The van der Waals surface area contributed by atoms with Crippen LogP contribution in [0.25, 0.3) is 0 Å². The number of rotatable bonds is 11. The molecule has 1 aliphatic heterocycles. The van der Waals surface area contributed by atoms with E-state index < -0.39 is 61.1 Å². The van der Waals surface area contributed by atoms with E-state index in [4.69, 9.17) is 28.5 Å². The van der Waals surface area contributed by atoms with Crippen molar-refractivity contribution in [3.63, 3.8) is 0 Å². The molecule has 11 nitrogen and oxygen atoms in total. The Bertz CT molecular complexity index is 1640. The van der Waals surface area contributed by atoms with Crippen molar-refractivity contribution in [3.05, 3.63) is 144 Å². The lowest BCUT2D eigenvalue weighted by atomic mass is 9.96. The van der Waals surface area contributed by atoms with Gasteiger partial charge in [0.1, 0.15) is 12.7 Å². The highest BCUT2D eigenvalue weighted by molar-refractivity contribution is 5.91. The van der Waals surface area contributed by atoms with Crippen molar-refractivity contribution in [2.75, 3.05) is 20.8 Å². The molecular weight excluding hydrogens is 606 g/mol. The molecule has 4 aromatic rings. The number of carbonyl (C=O) groups is 4. The normalized spacial score (nSPS) is 20.5. The number of nitrogens with zero attached hydrogens (tertiary/aromatic N) is 1. The highest BCUT2D eigenvalue weighted by atomic mass is 16.7. The lowest BCUT2D eigenvalue weighted by molar-refractivity contribution is -0.317. The Kier molecular flexibility index (Phi) is 11.1. The fourth-order valence-electron chi connectivity index (χ4n) is 4.94. The SMILES string of the molecule is CON(C)[C@@H]1O[C@H](COC(=O)c2ccccc2)[C@@H](OC(=O)c2ccccc2)[C@H](OC(=O)c2ccccc2)[C@H]1OC(=O)c1ccccc1. The van der Waals surface area contributed by atoms with Crippen LogP contribution in [-0.2, 0) is 28.5 Å². The zero-order chi connectivity index (χ0) is 33.2. The first-order chi connectivity index (χ1) is 22.9. The highest BCUT2D eigenvalue weighted by Gasteiger charge is 2.54. The number of hydrogen-bond donors (Lipinski definition) is 0. The molecule has 1 fully saturated rings. The van der Waals surface area contributed by atoms with Gasteiger partial charge < -0.3 is 23.7 Å². The van der Waals surface area contributed by atoms with Gasteiger partial charge in [-0.2, -0.15) is 5.06 Å². The van der Waals surface area contributed by atoms with Gasteiger partial charge in [-0.1, -0.05) is 72.8 Å². The fourth-order valence-corrected chi connectivity index (χ4v) is 4.94. The molecule has 0 bridgehead atoms. The summed E-state index contributed by atoms with van der Waals surface area (Å²) in [4.78, 5) is 58.8. The molecule has 47 heavy (non-hydrogen) atoms. The predicted molar refractivity (Wildman–Crippen MR) is 167 cm³/mol. The van der Waals surface area contributed by atoms with Crippen LogP contribution in [0.4, 0.5) is 0 Å². The van der Waals surface area contributed by atoms with Crippen molar-refractivity contribution in [2.45, 2.75) is 30.6 Å². The Morgan fingerprint density at radius 2 is 0.915 bits per heavy atom. The van der Waals surface area contributed by atoms with Crippen LogP contribution in [0.5, 0.6) is 0 Å². The summed E-state index contributed by atoms with van der Waals surface area (Å²) in [5.74, 6) is -2.96. The largest absolute Gasteiger partial charge is 0.459 e. The first-order valence-electron chi connectivity index (χ1n) is 14.8. The van der Waals surface area contributed by atoms with Crippen LogP contribution in [0, 0.1) is 0 Å². The average molecular weight is 640 g/mol. The summed E-state index contributed by atoms with van der Waals surface area (Å²) in [6.45, 7) is -0.423. The van der Waals surface area contributed by atoms with Gasteiger partial charge in [-0.25, -0.2) is 19.2 Å². The molecular formula is C36H33NO10. The molecule has 11 heteroatoms. The first kappa shape index (κ1) is 33.0. The van der Waals surface area contributed by atoms with Gasteiger partial charge in [0.15, 0.2) is 24.5 Å².